The normalized spacial score (nSPS) is 10.6. The number of methoxy groups -OCH3 is 1. The number of hydrogen-bond donors (Lipinski definition) is 3. The molecule has 7 nitrogen and oxygen atoms in total. The van der Waals surface area contributed by atoms with Crippen LogP contribution in [-0.4, -0.2) is 22.1 Å². The van der Waals surface area contributed by atoms with Crippen LogP contribution < -0.4 is 21.1 Å². The predicted molar refractivity (Wildman–Crippen MR) is 112 cm³/mol. The first-order valence-electron chi connectivity index (χ1n) is 8.79. The maximum Gasteiger partial charge on any atom is 0.159 e. The summed E-state index contributed by atoms with van der Waals surface area (Å²) in [6.45, 7) is 1.96. The number of pyridine rings is 1. The van der Waals surface area contributed by atoms with Crippen LogP contribution in [0.25, 0.3) is 10.9 Å². The molecule has 2 aromatic heterocycles. The Morgan fingerprint density at radius 2 is 1.64 bits per heavy atom. The van der Waals surface area contributed by atoms with Crippen molar-refractivity contribution in [3.63, 3.8) is 0 Å². The van der Waals surface area contributed by atoms with Crippen LogP contribution in [0.5, 0.6) is 5.75 Å². The van der Waals surface area contributed by atoms with Gasteiger partial charge in [0.15, 0.2) is 11.6 Å². The molecular formula is C21H20N6O. The van der Waals surface area contributed by atoms with Crippen LogP contribution in [-0.2, 0) is 0 Å². The number of fused-ring (bicyclic) bond motifs is 1. The maximum absolute atomic E-state index is 6.31. The van der Waals surface area contributed by atoms with Gasteiger partial charge in [-0.3, -0.25) is 4.98 Å². The first-order chi connectivity index (χ1) is 13.6. The van der Waals surface area contributed by atoms with Gasteiger partial charge in [-0.1, -0.05) is 18.2 Å². The molecule has 0 bridgehead atoms. The van der Waals surface area contributed by atoms with Crippen LogP contribution in [0.3, 0.4) is 0 Å². The zero-order chi connectivity index (χ0) is 19.5. The molecule has 28 heavy (non-hydrogen) atoms. The van der Waals surface area contributed by atoms with Gasteiger partial charge >= 0.3 is 0 Å². The number of para-hydroxylation sites is 1. The molecule has 7 heteroatoms. The number of benzene rings is 2. The third-order valence-corrected chi connectivity index (χ3v) is 4.35. The zero-order valence-electron chi connectivity index (χ0n) is 15.6. The van der Waals surface area contributed by atoms with Crippen molar-refractivity contribution in [2.45, 2.75) is 6.92 Å². The molecule has 0 amide bonds. The van der Waals surface area contributed by atoms with Gasteiger partial charge in [-0.25, -0.2) is 9.97 Å². The molecular weight excluding hydrogens is 352 g/mol. The van der Waals surface area contributed by atoms with Crippen LogP contribution in [0.1, 0.15) is 5.69 Å². The molecule has 0 spiro atoms. The van der Waals surface area contributed by atoms with Crippen molar-refractivity contribution in [1.82, 2.24) is 15.0 Å². The quantitative estimate of drug-likeness (QED) is 0.477. The Morgan fingerprint density at radius 1 is 0.893 bits per heavy atom. The van der Waals surface area contributed by atoms with E-state index < -0.39 is 0 Å². The number of nitrogens with one attached hydrogen (secondary N) is 2. The zero-order valence-corrected chi connectivity index (χ0v) is 15.6. The summed E-state index contributed by atoms with van der Waals surface area (Å²) >= 11 is 0. The monoisotopic (exact) mass is 372 g/mol. The molecule has 0 saturated carbocycles. The lowest BCUT2D eigenvalue weighted by Crippen LogP contribution is -2.05. The number of rotatable bonds is 5. The summed E-state index contributed by atoms with van der Waals surface area (Å²) in [6, 6.07) is 17.5. The fourth-order valence-electron chi connectivity index (χ4n) is 2.88. The van der Waals surface area contributed by atoms with Crippen LogP contribution in [0.4, 0.5) is 28.7 Å². The molecule has 0 atom stereocenters. The average molecular weight is 372 g/mol. The van der Waals surface area contributed by atoms with Gasteiger partial charge in [0.25, 0.3) is 0 Å². The third kappa shape index (κ3) is 3.50. The summed E-state index contributed by atoms with van der Waals surface area (Å²) in [4.78, 5) is 13.2. The number of aryl methyl sites for hydroxylation is 1. The van der Waals surface area contributed by atoms with Crippen LogP contribution in [0, 0.1) is 6.92 Å². The number of nitrogens with zero attached hydrogens (tertiary/aromatic N) is 3. The van der Waals surface area contributed by atoms with E-state index in [1.54, 1.807) is 7.11 Å². The van der Waals surface area contributed by atoms with Gasteiger partial charge in [-0.05, 0) is 43.3 Å². The Balaban J connectivity index is 1.64. The number of nitrogen functional groups attached to an aromatic ring is 1. The smallest absolute Gasteiger partial charge is 0.159 e. The Kier molecular flexibility index (Phi) is 4.63. The van der Waals surface area contributed by atoms with E-state index in [1.807, 2.05) is 61.5 Å². The molecule has 140 valence electrons. The fourth-order valence-corrected chi connectivity index (χ4v) is 2.88. The topological polar surface area (TPSA) is 98.0 Å². The van der Waals surface area contributed by atoms with Gasteiger partial charge in [0.1, 0.15) is 17.8 Å². The molecule has 4 rings (SSSR count). The number of anilines is 5. The highest BCUT2D eigenvalue weighted by molar-refractivity contribution is 5.93. The van der Waals surface area contributed by atoms with Crippen molar-refractivity contribution in [2.24, 2.45) is 0 Å². The first kappa shape index (κ1) is 17.5. The number of nitrogens with two attached hydrogens (primary N) is 1. The predicted octanol–water partition coefficient (Wildman–Crippen LogP) is 4.41. The molecule has 0 unspecified atom stereocenters. The van der Waals surface area contributed by atoms with Gasteiger partial charge in [-0.15, -0.1) is 0 Å². The van der Waals surface area contributed by atoms with Gasteiger partial charge in [0, 0.05) is 16.8 Å². The van der Waals surface area contributed by atoms with Gasteiger partial charge in [-0.2, -0.15) is 0 Å². The standard InChI is InChI=1S/C21H20N6O/c1-13-6-7-14-4-3-5-17(19(14)25-13)27-21-18(22)20(23-12-24-21)26-15-8-10-16(28-2)11-9-15/h3-12H,22H2,1-2H3,(H2,23,24,26,27). The van der Waals surface area contributed by atoms with Crippen LogP contribution >= 0.6 is 0 Å². The summed E-state index contributed by atoms with van der Waals surface area (Å²) < 4.78 is 5.18. The molecule has 0 aliphatic heterocycles. The highest BCUT2D eigenvalue weighted by Gasteiger charge is 2.11. The van der Waals surface area contributed by atoms with Gasteiger partial charge in [0.05, 0.1) is 18.3 Å². The van der Waals surface area contributed by atoms with E-state index >= 15 is 0 Å². The molecule has 0 aliphatic rings. The maximum atomic E-state index is 6.31. The number of aromatic nitrogens is 3. The van der Waals surface area contributed by atoms with Gasteiger partial charge < -0.3 is 21.1 Å². The first-order valence-corrected chi connectivity index (χ1v) is 8.79. The summed E-state index contributed by atoms with van der Waals surface area (Å²) in [6.07, 6.45) is 1.47. The largest absolute Gasteiger partial charge is 0.497 e. The molecule has 0 saturated heterocycles. The van der Waals surface area contributed by atoms with Crippen molar-refractivity contribution >= 4 is 39.6 Å². The van der Waals surface area contributed by atoms with E-state index in [1.165, 1.54) is 6.33 Å². The minimum Gasteiger partial charge on any atom is -0.497 e. The minimum atomic E-state index is 0.419. The second-order valence-corrected chi connectivity index (χ2v) is 6.29. The molecule has 4 aromatic rings. The van der Waals surface area contributed by atoms with E-state index in [9.17, 15) is 0 Å². The lowest BCUT2D eigenvalue weighted by Gasteiger charge is -2.14. The average Bonchev–Trinajstić information content (AvgIpc) is 2.72. The second kappa shape index (κ2) is 7.40. The summed E-state index contributed by atoms with van der Waals surface area (Å²) in [5.41, 5.74) is 10.2. The van der Waals surface area contributed by atoms with Crippen molar-refractivity contribution < 1.29 is 4.74 Å². The number of hydrogen-bond acceptors (Lipinski definition) is 7. The number of ether oxygens (including phenoxy) is 1. The SMILES string of the molecule is COc1ccc(Nc2ncnc(Nc3cccc4ccc(C)nc34)c2N)cc1. The Labute approximate surface area is 162 Å². The summed E-state index contributed by atoms with van der Waals surface area (Å²) in [5.74, 6) is 1.82. The minimum absolute atomic E-state index is 0.419. The third-order valence-electron chi connectivity index (χ3n) is 4.35. The molecule has 2 heterocycles. The van der Waals surface area contributed by atoms with Crippen molar-refractivity contribution in [3.8, 4) is 5.75 Å². The molecule has 2 aromatic carbocycles. The van der Waals surface area contributed by atoms with E-state index in [-0.39, 0.29) is 0 Å². The van der Waals surface area contributed by atoms with Crippen molar-refractivity contribution in [1.29, 1.82) is 0 Å². The summed E-state index contributed by atoms with van der Waals surface area (Å²) in [7, 11) is 1.63. The van der Waals surface area contributed by atoms with E-state index in [0.29, 0.717) is 17.3 Å². The fraction of sp³-hybridized carbons (Fsp3) is 0.0952. The second-order valence-electron chi connectivity index (χ2n) is 6.29. The lowest BCUT2D eigenvalue weighted by atomic mass is 10.1. The Morgan fingerprint density at radius 3 is 2.39 bits per heavy atom. The Hall–Kier alpha value is -3.87. The van der Waals surface area contributed by atoms with Crippen LogP contribution in [0.15, 0.2) is 60.9 Å². The molecule has 0 fully saturated rings. The molecule has 0 aliphatic carbocycles. The lowest BCUT2D eigenvalue weighted by molar-refractivity contribution is 0.415. The highest BCUT2D eigenvalue weighted by Crippen LogP contribution is 2.31. The van der Waals surface area contributed by atoms with E-state index in [0.717, 1.165) is 33.7 Å². The Bertz CT molecular complexity index is 1130. The van der Waals surface area contributed by atoms with Crippen molar-refractivity contribution in [2.75, 3.05) is 23.5 Å². The van der Waals surface area contributed by atoms with E-state index in [4.69, 9.17) is 10.5 Å². The molecule has 0 radical (unpaired) electrons. The van der Waals surface area contributed by atoms with E-state index in [2.05, 4.69) is 25.6 Å². The summed E-state index contributed by atoms with van der Waals surface area (Å²) in [5, 5.41) is 7.54. The molecule has 4 N–H and O–H groups in total. The van der Waals surface area contributed by atoms with Crippen molar-refractivity contribution in [3.05, 3.63) is 66.6 Å². The van der Waals surface area contributed by atoms with Crippen LogP contribution in [0.2, 0.25) is 0 Å². The highest BCUT2D eigenvalue weighted by atomic mass is 16.5. The van der Waals surface area contributed by atoms with Gasteiger partial charge in [0.2, 0.25) is 0 Å².